The van der Waals surface area contributed by atoms with Gasteiger partial charge in [-0.15, -0.1) is 10.2 Å². The monoisotopic (exact) mass is 432 g/mol. The summed E-state index contributed by atoms with van der Waals surface area (Å²) in [6.45, 7) is 0. The van der Waals surface area contributed by atoms with Gasteiger partial charge in [-0.3, -0.25) is 9.36 Å². The van der Waals surface area contributed by atoms with Gasteiger partial charge in [-0.1, -0.05) is 54.2 Å². The number of hydrogen-bond acceptors (Lipinski definition) is 4. The quantitative estimate of drug-likeness (QED) is 0.399. The third-order valence-corrected chi connectivity index (χ3v) is 5.70. The molecule has 7 heteroatoms. The van der Waals surface area contributed by atoms with Crippen LogP contribution in [0.4, 0.5) is 4.39 Å². The molecule has 0 saturated carbocycles. The molecular weight excluding hydrogens is 411 g/mol. The minimum atomic E-state index is -0.297. The molecule has 0 bridgehead atoms. The highest BCUT2D eigenvalue weighted by Crippen LogP contribution is 2.30. The fourth-order valence-corrected chi connectivity index (χ4v) is 4.06. The van der Waals surface area contributed by atoms with Gasteiger partial charge >= 0.3 is 0 Å². The lowest BCUT2D eigenvalue weighted by molar-refractivity contribution is 0.0827. The second kappa shape index (κ2) is 9.14. The topological polar surface area (TPSA) is 51.0 Å². The van der Waals surface area contributed by atoms with Gasteiger partial charge in [0, 0.05) is 36.7 Å². The van der Waals surface area contributed by atoms with E-state index in [2.05, 4.69) is 10.2 Å². The fraction of sp³-hybridized carbons (Fsp3) is 0.125. The summed E-state index contributed by atoms with van der Waals surface area (Å²) in [6, 6.07) is 23.6. The Labute approximate surface area is 184 Å². The Morgan fingerprint density at radius 2 is 1.71 bits per heavy atom. The van der Waals surface area contributed by atoms with Crippen molar-refractivity contribution in [3.05, 3.63) is 95.8 Å². The average Bonchev–Trinajstić information content (AvgIpc) is 3.22. The first-order valence-corrected chi connectivity index (χ1v) is 10.7. The summed E-state index contributed by atoms with van der Waals surface area (Å²) < 4.78 is 15.4. The van der Waals surface area contributed by atoms with Crippen LogP contribution in [0.25, 0.3) is 17.1 Å². The standard InChI is InChI=1S/C24H21FN4OS/c1-28(2)23(30)19-10-6-7-17(15-19)16-31-24-27-26-22(18-8-4-3-5-9-18)29(24)21-13-11-20(25)12-14-21/h3-15H,16H2,1-2H3. The van der Waals surface area contributed by atoms with E-state index in [0.717, 1.165) is 16.8 Å². The number of carbonyl (C=O) groups excluding carboxylic acids is 1. The molecule has 0 saturated heterocycles. The maximum Gasteiger partial charge on any atom is 0.253 e. The van der Waals surface area contributed by atoms with Crippen LogP contribution in [0.15, 0.2) is 84.0 Å². The first-order valence-electron chi connectivity index (χ1n) is 9.73. The van der Waals surface area contributed by atoms with E-state index < -0.39 is 0 Å². The lowest BCUT2D eigenvalue weighted by Gasteiger charge is -2.12. The predicted molar refractivity (Wildman–Crippen MR) is 121 cm³/mol. The van der Waals surface area contributed by atoms with Crippen molar-refractivity contribution >= 4 is 17.7 Å². The largest absolute Gasteiger partial charge is 0.345 e. The zero-order valence-electron chi connectivity index (χ0n) is 17.2. The molecule has 0 atom stereocenters. The summed E-state index contributed by atoms with van der Waals surface area (Å²) in [5, 5.41) is 9.49. The third-order valence-electron chi connectivity index (χ3n) is 4.70. The first-order chi connectivity index (χ1) is 15.0. The Hall–Kier alpha value is -3.45. The summed E-state index contributed by atoms with van der Waals surface area (Å²) in [5.41, 5.74) is 3.36. The van der Waals surface area contributed by atoms with Gasteiger partial charge in [0.2, 0.25) is 0 Å². The van der Waals surface area contributed by atoms with Crippen molar-refractivity contribution in [1.82, 2.24) is 19.7 Å². The van der Waals surface area contributed by atoms with Gasteiger partial charge < -0.3 is 4.90 Å². The first kappa shape index (κ1) is 20.8. The van der Waals surface area contributed by atoms with Crippen LogP contribution in [0.1, 0.15) is 15.9 Å². The summed E-state index contributed by atoms with van der Waals surface area (Å²) in [6.07, 6.45) is 0. The lowest BCUT2D eigenvalue weighted by atomic mass is 10.1. The predicted octanol–water partition coefficient (Wildman–Crippen LogP) is 5.07. The molecule has 1 amide bonds. The van der Waals surface area contributed by atoms with E-state index in [-0.39, 0.29) is 11.7 Å². The number of carbonyl (C=O) groups is 1. The molecular formula is C24H21FN4OS. The minimum absolute atomic E-state index is 0.0345. The molecule has 156 valence electrons. The molecule has 31 heavy (non-hydrogen) atoms. The van der Waals surface area contributed by atoms with Crippen molar-refractivity contribution in [3.63, 3.8) is 0 Å². The smallest absolute Gasteiger partial charge is 0.253 e. The van der Waals surface area contributed by atoms with E-state index in [1.807, 2.05) is 59.2 Å². The van der Waals surface area contributed by atoms with Crippen molar-refractivity contribution in [3.8, 4) is 17.1 Å². The third kappa shape index (κ3) is 4.67. The van der Waals surface area contributed by atoms with E-state index in [1.54, 1.807) is 31.1 Å². The van der Waals surface area contributed by atoms with E-state index >= 15 is 0 Å². The Morgan fingerprint density at radius 1 is 0.968 bits per heavy atom. The van der Waals surface area contributed by atoms with Gasteiger partial charge in [0.25, 0.3) is 5.91 Å². The molecule has 4 aromatic rings. The lowest BCUT2D eigenvalue weighted by Crippen LogP contribution is -2.21. The second-order valence-electron chi connectivity index (χ2n) is 7.17. The van der Waals surface area contributed by atoms with Gasteiger partial charge in [0.1, 0.15) is 5.82 Å². The van der Waals surface area contributed by atoms with Gasteiger partial charge in [-0.2, -0.15) is 0 Å². The van der Waals surface area contributed by atoms with Crippen LogP contribution >= 0.6 is 11.8 Å². The normalized spacial score (nSPS) is 10.8. The minimum Gasteiger partial charge on any atom is -0.345 e. The van der Waals surface area contributed by atoms with E-state index in [9.17, 15) is 9.18 Å². The number of rotatable bonds is 6. The summed E-state index contributed by atoms with van der Waals surface area (Å²) in [5.74, 6) is 0.969. The van der Waals surface area contributed by atoms with Gasteiger partial charge in [-0.05, 0) is 42.0 Å². The zero-order chi connectivity index (χ0) is 21.8. The molecule has 0 N–H and O–H groups in total. The molecule has 0 radical (unpaired) electrons. The highest BCUT2D eigenvalue weighted by atomic mass is 32.2. The molecule has 0 aliphatic carbocycles. The van der Waals surface area contributed by atoms with Crippen LogP contribution in [0, 0.1) is 5.82 Å². The Bertz CT molecular complexity index is 1190. The highest BCUT2D eigenvalue weighted by molar-refractivity contribution is 7.98. The fourth-order valence-electron chi connectivity index (χ4n) is 3.16. The molecule has 0 spiro atoms. The van der Waals surface area contributed by atoms with Crippen molar-refractivity contribution in [2.45, 2.75) is 10.9 Å². The molecule has 0 unspecified atom stereocenters. The second-order valence-corrected chi connectivity index (χ2v) is 8.12. The van der Waals surface area contributed by atoms with E-state index in [4.69, 9.17) is 0 Å². The van der Waals surface area contributed by atoms with Crippen LogP contribution in [0.3, 0.4) is 0 Å². The zero-order valence-corrected chi connectivity index (χ0v) is 18.0. The molecule has 3 aromatic carbocycles. The number of halogens is 1. The Balaban J connectivity index is 1.66. The maximum atomic E-state index is 13.5. The highest BCUT2D eigenvalue weighted by Gasteiger charge is 2.17. The van der Waals surface area contributed by atoms with Crippen LogP contribution in [0.5, 0.6) is 0 Å². The number of nitrogens with zero attached hydrogens (tertiary/aromatic N) is 4. The Morgan fingerprint density at radius 3 is 2.42 bits per heavy atom. The number of hydrogen-bond donors (Lipinski definition) is 0. The van der Waals surface area contributed by atoms with Crippen molar-refractivity contribution < 1.29 is 9.18 Å². The number of aromatic nitrogens is 3. The molecule has 0 fully saturated rings. The number of benzene rings is 3. The summed E-state index contributed by atoms with van der Waals surface area (Å²) in [7, 11) is 3.47. The van der Waals surface area contributed by atoms with Gasteiger partial charge in [0.15, 0.2) is 11.0 Å². The molecule has 1 aromatic heterocycles. The SMILES string of the molecule is CN(C)C(=O)c1cccc(CSc2nnc(-c3ccccc3)n2-c2ccc(F)cc2)c1. The molecule has 4 rings (SSSR count). The van der Waals surface area contributed by atoms with Crippen LogP contribution in [-0.2, 0) is 5.75 Å². The molecule has 0 aliphatic rings. The van der Waals surface area contributed by atoms with E-state index in [0.29, 0.717) is 22.3 Å². The molecule has 0 aliphatic heterocycles. The van der Waals surface area contributed by atoms with Crippen molar-refractivity contribution in [2.24, 2.45) is 0 Å². The van der Waals surface area contributed by atoms with Crippen LogP contribution < -0.4 is 0 Å². The maximum absolute atomic E-state index is 13.5. The number of amides is 1. The van der Waals surface area contributed by atoms with Gasteiger partial charge in [0.05, 0.1) is 0 Å². The summed E-state index contributed by atoms with van der Waals surface area (Å²) >= 11 is 1.51. The van der Waals surface area contributed by atoms with Gasteiger partial charge in [-0.25, -0.2) is 4.39 Å². The van der Waals surface area contributed by atoms with E-state index in [1.165, 1.54) is 23.9 Å². The van der Waals surface area contributed by atoms with Crippen molar-refractivity contribution in [1.29, 1.82) is 0 Å². The van der Waals surface area contributed by atoms with Crippen LogP contribution in [-0.4, -0.2) is 39.7 Å². The van der Waals surface area contributed by atoms with Crippen molar-refractivity contribution in [2.75, 3.05) is 14.1 Å². The molecule has 5 nitrogen and oxygen atoms in total. The average molecular weight is 433 g/mol. The summed E-state index contributed by atoms with van der Waals surface area (Å²) in [4.78, 5) is 13.8. The van der Waals surface area contributed by atoms with Crippen LogP contribution in [0.2, 0.25) is 0 Å². The number of thioether (sulfide) groups is 1. The Kier molecular flexibility index (Phi) is 6.13. The molecule has 1 heterocycles.